The minimum absolute atomic E-state index is 0.116. The maximum absolute atomic E-state index is 12.9. The van der Waals surface area contributed by atoms with Crippen molar-refractivity contribution in [2.75, 3.05) is 26.4 Å². The molecule has 0 bridgehead atoms. The number of hydrogen-bond acceptors (Lipinski definition) is 10. The lowest BCUT2D eigenvalue weighted by Crippen LogP contribution is -2.30. The Kier molecular flexibility index (Phi) is 53.5. The van der Waals surface area contributed by atoms with Crippen molar-refractivity contribution in [1.29, 1.82) is 0 Å². The van der Waals surface area contributed by atoms with Crippen LogP contribution in [-0.2, 0) is 42.2 Å². The number of hydrogen-bond donors (Lipinski definition) is 2. The van der Waals surface area contributed by atoms with E-state index in [-0.39, 0.29) is 25.9 Å². The molecule has 0 aromatic heterocycles. The van der Waals surface area contributed by atoms with E-state index in [1.54, 1.807) is 0 Å². The fraction of sp³-hybridized carbons (Fsp3) is 0.609. The van der Waals surface area contributed by atoms with Crippen LogP contribution in [0.3, 0.4) is 0 Å². The highest BCUT2D eigenvalue weighted by Crippen LogP contribution is 2.43. The topological polar surface area (TPSA) is 155 Å². The number of aliphatic hydroxyl groups excluding tert-OH is 1. The van der Waals surface area contributed by atoms with Gasteiger partial charge in [-0.05, 0) is 128 Å². The molecule has 2 N–H and O–H groups in total. The fourth-order valence-corrected chi connectivity index (χ4v) is 8.02. The van der Waals surface area contributed by atoms with Crippen molar-refractivity contribution in [3.05, 3.63) is 134 Å². The summed E-state index contributed by atoms with van der Waals surface area (Å²) in [4.78, 5) is 48.6. The number of phosphoric ester groups is 1. The average molecular weight is 1080 g/mol. The molecular weight excluding hydrogens is 976 g/mol. The van der Waals surface area contributed by atoms with Gasteiger partial charge in [-0.1, -0.05) is 199 Å². The third kappa shape index (κ3) is 54.4. The van der Waals surface area contributed by atoms with Crippen LogP contribution >= 0.6 is 7.82 Å². The molecule has 11 nitrogen and oxygen atoms in total. The number of ether oxygens (including phenoxy) is 3. The molecule has 0 heterocycles. The van der Waals surface area contributed by atoms with Gasteiger partial charge in [0.2, 0.25) is 0 Å². The van der Waals surface area contributed by atoms with Crippen LogP contribution < -0.4 is 0 Å². The Morgan fingerprint density at radius 1 is 0.368 bits per heavy atom. The number of carbonyl (C=O) groups excluding carboxylic acids is 3. The molecule has 3 unspecified atom stereocenters. The van der Waals surface area contributed by atoms with Crippen LogP contribution in [0.2, 0.25) is 0 Å². The van der Waals surface area contributed by atoms with E-state index >= 15 is 0 Å². The van der Waals surface area contributed by atoms with Gasteiger partial charge in [0.05, 0.1) is 19.8 Å². The molecule has 0 spiro atoms. The third-order valence-electron chi connectivity index (χ3n) is 11.6. The summed E-state index contributed by atoms with van der Waals surface area (Å²) in [6, 6.07) is 0. The van der Waals surface area contributed by atoms with E-state index in [0.717, 1.165) is 154 Å². The zero-order valence-corrected chi connectivity index (χ0v) is 48.3. The van der Waals surface area contributed by atoms with Gasteiger partial charge in [-0.15, -0.1) is 0 Å². The highest BCUT2D eigenvalue weighted by molar-refractivity contribution is 7.47. The van der Waals surface area contributed by atoms with Crippen molar-refractivity contribution in [1.82, 2.24) is 0 Å². The van der Waals surface area contributed by atoms with Gasteiger partial charge in [-0.2, -0.15) is 0 Å². The lowest BCUT2D eigenvalue weighted by atomic mass is 10.1. The van der Waals surface area contributed by atoms with Crippen molar-refractivity contribution < 1.29 is 52.2 Å². The summed E-state index contributed by atoms with van der Waals surface area (Å²) in [5.74, 6) is -1.56. The molecule has 0 aliphatic carbocycles. The van der Waals surface area contributed by atoms with Crippen LogP contribution in [-0.4, -0.2) is 66.5 Å². The maximum atomic E-state index is 12.9. The van der Waals surface area contributed by atoms with E-state index in [4.69, 9.17) is 23.3 Å². The minimum atomic E-state index is -4.78. The lowest BCUT2D eigenvalue weighted by Gasteiger charge is -2.21. The second-order valence-corrected chi connectivity index (χ2v) is 20.1. The molecule has 0 saturated heterocycles. The summed E-state index contributed by atoms with van der Waals surface area (Å²) in [5.41, 5.74) is 0. The molecule has 12 heteroatoms. The Morgan fingerprint density at radius 2 is 0.645 bits per heavy atom. The Morgan fingerprint density at radius 3 is 1.01 bits per heavy atom. The van der Waals surface area contributed by atoms with Crippen molar-refractivity contribution >= 4 is 25.7 Å². The average Bonchev–Trinajstić information content (AvgIpc) is 3.41. The van der Waals surface area contributed by atoms with Gasteiger partial charge in [-0.25, -0.2) is 4.57 Å². The summed E-state index contributed by atoms with van der Waals surface area (Å²) >= 11 is 0. The van der Waals surface area contributed by atoms with Gasteiger partial charge < -0.3 is 24.2 Å². The molecule has 0 aliphatic heterocycles. The first-order valence-electron chi connectivity index (χ1n) is 29.1. The van der Waals surface area contributed by atoms with Crippen LogP contribution in [0, 0.1) is 0 Å². The van der Waals surface area contributed by atoms with E-state index < -0.39 is 57.8 Å². The molecule has 0 radical (unpaired) electrons. The first kappa shape index (κ1) is 71.6. The quantitative estimate of drug-likeness (QED) is 0.0197. The maximum Gasteiger partial charge on any atom is 0.472 e. The highest BCUT2D eigenvalue weighted by Gasteiger charge is 2.28. The standard InChI is InChI=1S/C64H103O11P/c1-4-7-10-13-16-19-22-25-28-30-33-35-38-41-44-47-50-53-62(66)71-57-61(75-64(68)55-52-49-46-43-40-37-34-31-29-26-23-20-17-14-11-8-5-2)59-73-76(69,70)72-58-60(56-65)74-63(67)54-51-48-45-42-39-36-32-27-24-21-18-15-12-9-6-3/h7-12,16-21,25-29,32-33,35,39,42,60-61,65H,4-6,13-15,22-24,30-31,34,36-38,40-41,43-59H2,1-3H3,(H,69,70)/b10-7-,11-8-,12-9-,19-16-,20-17-,21-18-,28-25-,29-26-,32-27-,35-33-,42-39-. The number of esters is 3. The summed E-state index contributed by atoms with van der Waals surface area (Å²) in [7, 11) is -4.78. The smallest absolute Gasteiger partial charge is 0.462 e. The van der Waals surface area contributed by atoms with Crippen LogP contribution in [0.5, 0.6) is 0 Å². The predicted octanol–water partition coefficient (Wildman–Crippen LogP) is 17.4. The van der Waals surface area contributed by atoms with Crippen molar-refractivity contribution in [2.24, 2.45) is 0 Å². The lowest BCUT2D eigenvalue weighted by molar-refractivity contribution is -0.161. The predicted molar refractivity (Wildman–Crippen MR) is 316 cm³/mol. The molecule has 0 fully saturated rings. The van der Waals surface area contributed by atoms with Gasteiger partial charge in [-0.3, -0.25) is 23.4 Å². The zero-order valence-electron chi connectivity index (χ0n) is 47.4. The molecule has 0 aliphatic rings. The van der Waals surface area contributed by atoms with Gasteiger partial charge in [0.1, 0.15) is 12.7 Å². The van der Waals surface area contributed by atoms with E-state index in [9.17, 15) is 28.9 Å². The normalized spacial score (nSPS) is 14.3. The van der Waals surface area contributed by atoms with Gasteiger partial charge in [0.25, 0.3) is 0 Å². The highest BCUT2D eigenvalue weighted by atomic mass is 31.2. The van der Waals surface area contributed by atoms with Crippen LogP contribution in [0.15, 0.2) is 134 Å². The number of phosphoric acid groups is 1. The molecule has 3 atom stereocenters. The first-order valence-corrected chi connectivity index (χ1v) is 30.6. The van der Waals surface area contributed by atoms with Crippen molar-refractivity contribution in [2.45, 2.75) is 226 Å². The molecule has 0 saturated carbocycles. The first-order chi connectivity index (χ1) is 37.2. The Balaban J connectivity index is 4.84. The van der Waals surface area contributed by atoms with E-state index in [2.05, 4.69) is 154 Å². The number of aliphatic hydroxyl groups is 1. The molecular formula is C64H103O11P. The molecule has 0 aromatic rings. The van der Waals surface area contributed by atoms with Gasteiger partial charge >= 0.3 is 25.7 Å². The van der Waals surface area contributed by atoms with Gasteiger partial charge in [0.15, 0.2) is 6.10 Å². The molecule has 430 valence electrons. The van der Waals surface area contributed by atoms with Crippen LogP contribution in [0.25, 0.3) is 0 Å². The van der Waals surface area contributed by atoms with E-state index in [0.29, 0.717) is 19.3 Å². The van der Waals surface area contributed by atoms with Crippen LogP contribution in [0.1, 0.15) is 213 Å². The molecule has 0 amide bonds. The fourth-order valence-electron chi connectivity index (χ4n) is 7.23. The van der Waals surface area contributed by atoms with Crippen LogP contribution in [0.4, 0.5) is 0 Å². The molecule has 0 aromatic carbocycles. The summed E-state index contributed by atoms with van der Waals surface area (Å²) in [5, 5.41) is 9.81. The second-order valence-electron chi connectivity index (χ2n) is 18.7. The Hall–Kier alpha value is -4.38. The SMILES string of the molecule is CC/C=C\C/C=C\C/C=C\C/C=C\CCCCCCC(=O)OCC(COP(=O)(O)OCC(CO)OC(=O)CCCC/C=C\C/C=C\C/C=C\C/C=C\CC)OC(=O)CCCCCCCCC/C=C\C/C=C\C/C=C\CC. The van der Waals surface area contributed by atoms with Gasteiger partial charge in [0, 0.05) is 19.3 Å². The number of allylic oxidation sites excluding steroid dienone is 22. The Bertz CT molecular complexity index is 1780. The number of carbonyl (C=O) groups is 3. The number of unbranched alkanes of at least 4 members (excludes halogenated alkanes) is 13. The van der Waals surface area contributed by atoms with E-state index in [1.165, 1.54) is 0 Å². The zero-order chi connectivity index (χ0) is 55.5. The molecule has 0 rings (SSSR count). The van der Waals surface area contributed by atoms with Crippen molar-refractivity contribution in [3.63, 3.8) is 0 Å². The third-order valence-corrected chi connectivity index (χ3v) is 12.5. The van der Waals surface area contributed by atoms with E-state index in [1.807, 2.05) is 0 Å². The summed E-state index contributed by atoms with van der Waals surface area (Å²) in [6.07, 6.45) is 71.2. The monoisotopic (exact) mass is 1080 g/mol. The summed E-state index contributed by atoms with van der Waals surface area (Å²) < 4.78 is 39.5. The minimum Gasteiger partial charge on any atom is -0.462 e. The molecule has 76 heavy (non-hydrogen) atoms. The Labute approximate surface area is 461 Å². The summed E-state index contributed by atoms with van der Waals surface area (Å²) in [6.45, 7) is 4.20. The number of rotatable bonds is 52. The largest absolute Gasteiger partial charge is 0.472 e. The van der Waals surface area contributed by atoms with Crippen molar-refractivity contribution in [3.8, 4) is 0 Å². The second kappa shape index (κ2) is 56.8.